The number of hydrogen-bond donors (Lipinski definition) is 2. The van der Waals surface area contributed by atoms with Gasteiger partial charge in [-0.2, -0.15) is 0 Å². The van der Waals surface area contributed by atoms with Crippen molar-refractivity contribution in [2.75, 3.05) is 5.73 Å². The van der Waals surface area contributed by atoms with E-state index in [0.717, 1.165) is 17.8 Å². The minimum absolute atomic E-state index is 0.0357. The van der Waals surface area contributed by atoms with E-state index in [0.29, 0.717) is 5.69 Å². The van der Waals surface area contributed by atoms with Gasteiger partial charge < -0.3 is 5.73 Å². The van der Waals surface area contributed by atoms with Gasteiger partial charge in [-0.05, 0) is 25.1 Å². The van der Waals surface area contributed by atoms with E-state index in [4.69, 9.17) is 5.73 Å². The number of rotatable bonds is 4. The Bertz CT molecular complexity index is 696. The number of anilines is 1. The van der Waals surface area contributed by atoms with E-state index in [1.165, 1.54) is 18.5 Å². The molecule has 0 aliphatic heterocycles. The Morgan fingerprint density at radius 2 is 2.00 bits per heavy atom. The summed E-state index contributed by atoms with van der Waals surface area (Å²) in [7, 11) is -3.85. The molecule has 1 aromatic heterocycles. The predicted octanol–water partition coefficient (Wildman–Crippen LogP) is 0.985. The first-order valence-electron chi connectivity index (χ1n) is 5.70. The van der Waals surface area contributed by atoms with Crippen molar-refractivity contribution >= 4 is 15.7 Å². The summed E-state index contributed by atoms with van der Waals surface area (Å²) in [5, 5.41) is 0. The summed E-state index contributed by atoms with van der Waals surface area (Å²) < 4.78 is 39.5. The Labute approximate surface area is 115 Å². The van der Waals surface area contributed by atoms with Gasteiger partial charge in [0, 0.05) is 11.9 Å². The molecule has 0 atom stereocenters. The molecule has 1 heterocycles. The summed E-state index contributed by atoms with van der Waals surface area (Å²) in [6.07, 6.45) is 3.00. The number of halogens is 1. The summed E-state index contributed by atoms with van der Waals surface area (Å²) in [5.41, 5.74) is 6.66. The van der Waals surface area contributed by atoms with Crippen LogP contribution in [0.5, 0.6) is 0 Å². The van der Waals surface area contributed by atoms with Gasteiger partial charge in [0.05, 0.1) is 29.0 Å². The van der Waals surface area contributed by atoms with E-state index in [-0.39, 0.29) is 17.1 Å². The molecule has 2 aromatic rings. The number of nitrogens with one attached hydrogen (secondary N) is 1. The van der Waals surface area contributed by atoms with Crippen LogP contribution in [0, 0.1) is 12.7 Å². The quantitative estimate of drug-likeness (QED) is 0.820. The van der Waals surface area contributed by atoms with Crippen LogP contribution < -0.4 is 10.5 Å². The van der Waals surface area contributed by atoms with E-state index in [1.54, 1.807) is 6.92 Å². The Balaban J connectivity index is 2.16. The van der Waals surface area contributed by atoms with Crippen molar-refractivity contribution < 1.29 is 12.8 Å². The van der Waals surface area contributed by atoms with Crippen LogP contribution in [0.15, 0.2) is 35.5 Å². The van der Waals surface area contributed by atoms with Gasteiger partial charge in [-0.3, -0.25) is 9.97 Å². The minimum atomic E-state index is -3.85. The van der Waals surface area contributed by atoms with Crippen LogP contribution in [0.25, 0.3) is 0 Å². The van der Waals surface area contributed by atoms with E-state index in [1.807, 2.05) is 0 Å². The molecule has 8 heteroatoms. The third kappa shape index (κ3) is 3.49. The van der Waals surface area contributed by atoms with Gasteiger partial charge in [0.25, 0.3) is 0 Å². The van der Waals surface area contributed by atoms with Crippen LogP contribution >= 0.6 is 0 Å². The molecule has 6 nitrogen and oxygen atoms in total. The highest BCUT2D eigenvalue weighted by molar-refractivity contribution is 7.89. The Kier molecular flexibility index (Phi) is 3.96. The van der Waals surface area contributed by atoms with Gasteiger partial charge in [-0.25, -0.2) is 17.5 Å². The monoisotopic (exact) mass is 296 g/mol. The Morgan fingerprint density at radius 3 is 2.60 bits per heavy atom. The smallest absolute Gasteiger partial charge is 0.241 e. The molecule has 106 valence electrons. The van der Waals surface area contributed by atoms with Crippen molar-refractivity contribution in [1.29, 1.82) is 0 Å². The molecule has 0 saturated heterocycles. The first kappa shape index (κ1) is 14.4. The molecule has 0 spiro atoms. The maximum atomic E-state index is 13.2. The molecule has 3 N–H and O–H groups in total. The second-order valence-electron chi connectivity index (χ2n) is 4.19. The van der Waals surface area contributed by atoms with Gasteiger partial charge in [0.15, 0.2) is 0 Å². The number of nitrogens with zero attached hydrogens (tertiary/aromatic N) is 2. The highest BCUT2D eigenvalue weighted by atomic mass is 32.2. The number of nitrogens with two attached hydrogens (primary N) is 1. The average molecular weight is 296 g/mol. The van der Waals surface area contributed by atoms with Crippen LogP contribution in [0.1, 0.15) is 11.4 Å². The van der Waals surface area contributed by atoms with Crippen LogP contribution in [-0.2, 0) is 16.6 Å². The predicted molar refractivity (Wildman–Crippen MR) is 71.6 cm³/mol. The number of benzene rings is 1. The second kappa shape index (κ2) is 5.51. The van der Waals surface area contributed by atoms with Crippen LogP contribution in [0.4, 0.5) is 10.1 Å². The minimum Gasteiger partial charge on any atom is -0.399 e. The lowest BCUT2D eigenvalue weighted by atomic mass is 10.3. The third-order valence-corrected chi connectivity index (χ3v) is 3.86. The summed E-state index contributed by atoms with van der Waals surface area (Å²) in [5.74, 6) is -0.708. The van der Waals surface area contributed by atoms with Crippen molar-refractivity contribution in [3.63, 3.8) is 0 Å². The van der Waals surface area contributed by atoms with Crippen molar-refractivity contribution in [1.82, 2.24) is 14.7 Å². The number of aromatic nitrogens is 2. The largest absolute Gasteiger partial charge is 0.399 e. The van der Waals surface area contributed by atoms with Gasteiger partial charge >= 0.3 is 0 Å². The topological polar surface area (TPSA) is 98.0 Å². The lowest BCUT2D eigenvalue weighted by Crippen LogP contribution is -2.24. The van der Waals surface area contributed by atoms with Crippen LogP contribution in [0.2, 0.25) is 0 Å². The lowest BCUT2D eigenvalue weighted by molar-refractivity contribution is 0.576. The Morgan fingerprint density at radius 1 is 1.25 bits per heavy atom. The molecule has 20 heavy (non-hydrogen) atoms. The van der Waals surface area contributed by atoms with Gasteiger partial charge in [0.1, 0.15) is 5.82 Å². The highest BCUT2D eigenvalue weighted by Crippen LogP contribution is 2.15. The summed E-state index contributed by atoms with van der Waals surface area (Å²) >= 11 is 0. The fraction of sp³-hybridized carbons (Fsp3) is 0.167. The van der Waals surface area contributed by atoms with Crippen molar-refractivity contribution in [2.45, 2.75) is 18.4 Å². The molecular weight excluding hydrogens is 283 g/mol. The van der Waals surface area contributed by atoms with Crippen molar-refractivity contribution in [2.24, 2.45) is 0 Å². The van der Waals surface area contributed by atoms with Crippen LogP contribution in [0.3, 0.4) is 0 Å². The van der Waals surface area contributed by atoms with Gasteiger partial charge in [-0.15, -0.1) is 0 Å². The van der Waals surface area contributed by atoms with Gasteiger partial charge in [0.2, 0.25) is 10.0 Å². The number of sulfonamides is 1. The Hall–Kier alpha value is -2.06. The SMILES string of the molecule is Cc1cnc(CNS(=O)(=O)c2cc(N)cc(F)c2)cn1. The van der Waals surface area contributed by atoms with E-state index >= 15 is 0 Å². The second-order valence-corrected chi connectivity index (χ2v) is 5.96. The maximum absolute atomic E-state index is 13.2. The molecule has 2 rings (SSSR count). The molecule has 0 aliphatic carbocycles. The standard InChI is InChI=1S/C12H13FN4O2S/c1-8-5-16-11(6-15-8)7-17-20(18,19)12-3-9(13)2-10(14)4-12/h2-6,17H,7,14H2,1H3. The number of hydrogen-bond acceptors (Lipinski definition) is 5. The van der Waals surface area contributed by atoms with E-state index in [2.05, 4.69) is 14.7 Å². The first-order chi connectivity index (χ1) is 9.37. The molecule has 0 saturated carbocycles. The molecule has 0 amide bonds. The molecule has 1 aromatic carbocycles. The summed E-state index contributed by atoms with van der Waals surface area (Å²) in [4.78, 5) is 7.80. The zero-order chi connectivity index (χ0) is 14.8. The van der Waals surface area contributed by atoms with E-state index < -0.39 is 15.8 Å². The zero-order valence-electron chi connectivity index (χ0n) is 10.7. The third-order valence-electron chi connectivity index (χ3n) is 2.48. The normalized spacial score (nSPS) is 11.5. The van der Waals surface area contributed by atoms with Crippen molar-refractivity contribution in [3.8, 4) is 0 Å². The molecule has 0 unspecified atom stereocenters. The first-order valence-corrected chi connectivity index (χ1v) is 7.18. The van der Waals surface area contributed by atoms with Crippen molar-refractivity contribution in [3.05, 3.63) is 47.8 Å². The highest BCUT2D eigenvalue weighted by Gasteiger charge is 2.15. The zero-order valence-corrected chi connectivity index (χ0v) is 11.5. The maximum Gasteiger partial charge on any atom is 0.241 e. The summed E-state index contributed by atoms with van der Waals surface area (Å²) in [6, 6.07) is 3.14. The number of aryl methyl sites for hydroxylation is 1. The van der Waals surface area contributed by atoms with E-state index in [9.17, 15) is 12.8 Å². The fourth-order valence-electron chi connectivity index (χ4n) is 1.50. The van der Waals surface area contributed by atoms with Crippen LogP contribution in [-0.4, -0.2) is 18.4 Å². The molecule has 0 bridgehead atoms. The molecule has 0 fully saturated rings. The molecular formula is C12H13FN4O2S. The number of nitrogen functional groups attached to an aromatic ring is 1. The fourth-order valence-corrected chi connectivity index (χ4v) is 2.57. The summed E-state index contributed by atoms with van der Waals surface area (Å²) in [6.45, 7) is 1.74. The average Bonchev–Trinajstić information content (AvgIpc) is 2.37. The lowest BCUT2D eigenvalue weighted by Gasteiger charge is -2.07. The van der Waals surface area contributed by atoms with Gasteiger partial charge in [-0.1, -0.05) is 0 Å². The molecule has 0 radical (unpaired) electrons. The molecule has 0 aliphatic rings.